The number of hydrogen-bond acceptors (Lipinski definition) is 2. The first kappa shape index (κ1) is 14.3. The molecule has 0 radical (unpaired) electrons. The van der Waals surface area contributed by atoms with Gasteiger partial charge in [0, 0.05) is 16.8 Å². The van der Waals surface area contributed by atoms with Gasteiger partial charge in [0.25, 0.3) is 0 Å². The Bertz CT molecular complexity index is 612. The average molecular weight is 267 g/mol. The summed E-state index contributed by atoms with van der Waals surface area (Å²) < 4.78 is 0. The number of aryl methyl sites for hydroxylation is 1. The van der Waals surface area contributed by atoms with E-state index in [2.05, 4.69) is 13.8 Å². The summed E-state index contributed by atoms with van der Waals surface area (Å²) in [5, 5.41) is 0. The second-order valence-corrected chi connectivity index (χ2v) is 5.70. The summed E-state index contributed by atoms with van der Waals surface area (Å²) in [6.45, 7) is 6.31. The molecule has 0 amide bonds. The Balaban J connectivity index is 2.27. The first-order valence-corrected chi connectivity index (χ1v) is 6.97. The molecule has 0 aliphatic carbocycles. The van der Waals surface area contributed by atoms with Crippen LogP contribution in [0.15, 0.2) is 42.5 Å². The second-order valence-electron chi connectivity index (χ2n) is 5.70. The van der Waals surface area contributed by atoms with Gasteiger partial charge in [0.15, 0.2) is 5.78 Å². The minimum Gasteiger partial charge on any atom is -0.399 e. The number of hydrogen-bond donors (Lipinski definition) is 1. The molecule has 0 spiro atoms. The fourth-order valence-electron chi connectivity index (χ4n) is 2.30. The van der Waals surface area contributed by atoms with Gasteiger partial charge in [-0.2, -0.15) is 0 Å². The van der Waals surface area contributed by atoms with E-state index in [-0.39, 0.29) is 5.78 Å². The summed E-state index contributed by atoms with van der Waals surface area (Å²) in [5.74, 6) is 0.651. The molecule has 0 saturated heterocycles. The van der Waals surface area contributed by atoms with Crippen molar-refractivity contribution in [1.82, 2.24) is 0 Å². The number of anilines is 1. The Kier molecular flexibility index (Phi) is 4.23. The highest BCUT2D eigenvalue weighted by Crippen LogP contribution is 2.18. The van der Waals surface area contributed by atoms with Crippen molar-refractivity contribution in [1.29, 1.82) is 0 Å². The predicted octanol–water partition coefficient (Wildman–Crippen LogP) is 4.01. The van der Waals surface area contributed by atoms with Gasteiger partial charge in [0.2, 0.25) is 0 Å². The SMILES string of the molecule is Cc1ccc(N)cc1C(=O)c1ccc(CC(C)C)cc1. The Hall–Kier alpha value is -2.09. The van der Waals surface area contributed by atoms with Crippen LogP contribution in [0.1, 0.15) is 40.9 Å². The van der Waals surface area contributed by atoms with Crippen LogP contribution in [0, 0.1) is 12.8 Å². The van der Waals surface area contributed by atoms with Gasteiger partial charge in [0.05, 0.1) is 0 Å². The van der Waals surface area contributed by atoms with Crippen LogP contribution >= 0.6 is 0 Å². The van der Waals surface area contributed by atoms with Crippen molar-refractivity contribution >= 4 is 11.5 Å². The van der Waals surface area contributed by atoms with Gasteiger partial charge >= 0.3 is 0 Å². The largest absolute Gasteiger partial charge is 0.399 e. The highest BCUT2D eigenvalue weighted by Gasteiger charge is 2.12. The molecule has 0 fully saturated rings. The Morgan fingerprint density at radius 1 is 1.10 bits per heavy atom. The van der Waals surface area contributed by atoms with Crippen LogP contribution in [-0.2, 0) is 6.42 Å². The first-order valence-electron chi connectivity index (χ1n) is 6.97. The summed E-state index contributed by atoms with van der Waals surface area (Å²) in [6.07, 6.45) is 1.03. The number of carbonyl (C=O) groups excluding carboxylic acids is 1. The van der Waals surface area contributed by atoms with Crippen molar-refractivity contribution in [2.45, 2.75) is 27.2 Å². The molecule has 2 heteroatoms. The molecule has 2 N–H and O–H groups in total. The summed E-state index contributed by atoms with van der Waals surface area (Å²) in [7, 11) is 0. The van der Waals surface area contributed by atoms with Crippen LogP contribution in [0.5, 0.6) is 0 Å². The van der Waals surface area contributed by atoms with E-state index in [4.69, 9.17) is 5.73 Å². The van der Waals surface area contributed by atoms with E-state index in [9.17, 15) is 4.79 Å². The third-order valence-electron chi connectivity index (χ3n) is 3.37. The van der Waals surface area contributed by atoms with E-state index in [1.807, 2.05) is 43.3 Å². The predicted molar refractivity (Wildman–Crippen MR) is 84.0 cm³/mol. The normalized spacial score (nSPS) is 10.8. The zero-order valence-electron chi connectivity index (χ0n) is 12.3. The quantitative estimate of drug-likeness (QED) is 0.672. The molecule has 0 aliphatic heterocycles. The monoisotopic (exact) mass is 267 g/mol. The Morgan fingerprint density at radius 3 is 2.35 bits per heavy atom. The molecule has 0 aromatic heterocycles. The number of nitrogen functional groups attached to an aromatic ring is 1. The molecule has 0 aliphatic rings. The molecule has 0 heterocycles. The van der Waals surface area contributed by atoms with E-state index >= 15 is 0 Å². The summed E-state index contributed by atoms with van der Waals surface area (Å²) in [4.78, 5) is 12.5. The lowest BCUT2D eigenvalue weighted by Crippen LogP contribution is -2.05. The maximum absolute atomic E-state index is 12.5. The number of benzene rings is 2. The minimum absolute atomic E-state index is 0.0332. The molecule has 2 aromatic rings. The smallest absolute Gasteiger partial charge is 0.193 e. The molecular weight excluding hydrogens is 246 g/mol. The van der Waals surface area contributed by atoms with Gasteiger partial charge in [-0.1, -0.05) is 44.2 Å². The minimum atomic E-state index is 0.0332. The van der Waals surface area contributed by atoms with Crippen molar-refractivity contribution in [2.75, 3.05) is 5.73 Å². The Labute approximate surface area is 120 Å². The fraction of sp³-hybridized carbons (Fsp3) is 0.278. The van der Waals surface area contributed by atoms with Crippen LogP contribution in [0.2, 0.25) is 0 Å². The molecule has 0 bridgehead atoms. The van der Waals surface area contributed by atoms with Crippen molar-refractivity contribution in [3.8, 4) is 0 Å². The number of rotatable bonds is 4. The van der Waals surface area contributed by atoms with Crippen molar-refractivity contribution < 1.29 is 4.79 Å². The van der Waals surface area contributed by atoms with Crippen molar-refractivity contribution in [2.24, 2.45) is 5.92 Å². The Morgan fingerprint density at radius 2 is 1.75 bits per heavy atom. The van der Waals surface area contributed by atoms with E-state index in [1.54, 1.807) is 6.07 Å². The molecule has 2 rings (SSSR count). The van der Waals surface area contributed by atoms with E-state index in [0.29, 0.717) is 22.7 Å². The highest BCUT2D eigenvalue weighted by molar-refractivity contribution is 6.10. The fourth-order valence-corrected chi connectivity index (χ4v) is 2.30. The van der Waals surface area contributed by atoms with Gasteiger partial charge in [-0.3, -0.25) is 4.79 Å². The molecule has 2 aromatic carbocycles. The van der Waals surface area contributed by atoms with E-state index in [0.717, 1.165) is 12.0 Å². The van der Waals surface area contributed by atoms with Crippen molar-refractivity contribution in [3.05, 3.63) is 64.7 Å². The topological polar surface area (TPSA) is 43.1 Å². The van der Waals surface area contributed by atoms with Crippen LogP contribution < -0.4 is 5.73 Å². The number of ketones is 1. The summed E-state index contributed by atoms with van der Waals surface area (Å²) in [5.41, 5.74) is 10.0. The highest BCUT2D eigenvalue weighted by atomic mass is 16.1. The molecule has 104 valence electrons. The van der Waals surface area contributed by atoms with Crippen LogP contribution in [0.4, 0.5) is 5.69 Å². The van der Waals surface area contributed by atoms with Gasteiger partial charge in [-0.15, -0.1) is 0 Å². The molecule has 0 unspecified atom stereocenters. The van der Waals surface area contributed by atoms with Gasteiger partial charge in [0.1, 0.15) is 0 Å². The second kappa shape index (κ2) is 5.91. The maximum Gasteiger partial charge on any atom is 0.193 e. The van der Waals surface area contributed by atoms with Crippen LogP contribution in [-0.4, -0.2) is 5.78 Å². The zero-order chi connectivity index (χ0) is 14.7. The van der Waals surface area contributed by atoms with E-state index < -0.39 is 0 Å². The molecular formula is C18H21NO. The van der Waals surface area contributed by atoms with Gasteiger partial charge in [-0.25, -0.2) is 0 Å². The molecule has 2 nitrogen and oxygen atoms in total. The number of carbonyl (C=O) groups is 1. The van der Waals surface area contributed by atoms with Gasteiger partial charge in [-0.05, 0) is 42.5 Å². The lowest BCUT2D eigenvalue weighted by molar-refractivity contribution is 0.103. The van der Waals surface area contributed by atoms with Crippen LogP contribution in [0.25, 0.3) is 0 Å². The standard InChI is InChI=1S/C18H21NO/c1-12(2)10-14-5-7-15(8-6-14)18(20)17-11-16(19)9-4-13(17)3/h4-9,11-12H,10,19H2,1-3H3. The van der Waals surface area contributed by atoms with Gasteiger partial charge < -0.3 is 5.73 Å². The molecule has 20 heavy (non-hydrogen) atoms. The molecule has 0 saturated carbocycles. The molecule has 0 atom stereocenters. The summed E-state index contributed by atoms with van der Waals surface area (Å²) in [6, 6.07) is 13.3. The third-order valence-corrected chi connectivity index (χ3v) is 3.37. The average Bonchev–Trinajstić information content (AvgIpc) is 2.41. The van der Waals surface area contributed by atoms with E-state index in [1.165, 1.54) is 5.56 Å². The zero-order valence-corrected chi connectivity index (χ0v) is 12.3. The first-order chi connectivity index (χ1) is 9.47. The van der Waals surface area contributed by atoms with Crippen LogP contribution in [0.3, 0.4) is 0 Å². The lowest BCUT2D eigenvalue weighted by atomic mass is 9.96. The third kappa shape index (κ3) is 3.27. The van der Waals surface area contributed by atoms with Crippen molar-refractivity contribution in [3.63, 3.8) is 0 Å². The lowest BCUT2D eigenvalue weighted by Gasteiger charge is -2.08. The number of nitrogens with two attached hydrogens (primary N) is 1. The maximum atomic E-state index is 12.5. The summed E-state index contributed by atoms with van der Waals surface area (Å²) >= 11 is 0.